The standard InChI is InChI=1S/C15H23NO3/c1-3-5-12(6-4-2)11-18-15-8-7-14(19-15)13(17)9-10-16/h7-8,12-13,17H,3-6,9,11H2,1-2H3. The van der Waals surface area contributed by atoms with E-state index in [4.69, 9.17) is 14.4 Å². The Balaban J connectivity index is 2.46. The van der Waals surface area contributed by atoms with Gasteiger partial charge in [0.1, 0.15) is 11.9 Å². The lowest BCUT2D eigenvalue weighted by Gasteiger charge is -2.14. The molecule has 4 nitrogen and oxygen atoms in total. The molecule has 1 aromatic heterocycles. The van der Waals surface area contributed by atoms with Crippen LogP contribution in [0.4, 0.5) is 0 Å². The second kappa shape index (κ2) is 8.60. The largest absolute Gasteiger partial charge is 0.465 e. The molecule has 0 aliphatic rings. The number of aliphatic hydroxyl groups is 1. The van der Waals surface area contributed by atoms with Gasteiger partial charge < -0.3 is 14.3 Å². The molecular weight excluding hydrogens is 242 g/mol. The molecule has 1 heterocycles. The zero-order valence-electron chi connectivity index (χ0n) is 11.8. The van der Waals surface area contributed by atoms with Gasteiger partial charge in [-0.15, -0.1) is 0 Å². The van der Waals surface area contributed by atoms with Crippen LogP contribution in [0.25, 0.3) is 0 Å². The first-order valence-corrected chi connectivity index (χ1v) is 6.98. The van der Waals surface area contributed by atoms with Crippen LogP contribution in [0.2, 0.25) is 0 Å². The zero-order chi connectivity index (χ0) is 14.1. The summed E-state index contributed by atoms with van der Waals surface area (Å²) in [6, 6.07) is 5.27. The highest BCUT2D eigenvalue weighted by Crippen LogP contribution is 2.24. The molecular formula is C15H23NO3. The third kappa shape index (κ3) is 5.35. The Morgan fingerprint density at radius 3 is 2.58 bits per heavy atom. The van der Waals surface area contributed by atoms with Crippen LogP contribution in [0, 0.1) is 17.2 Å². The van der Waals surface area contributed by atoms with Crippen molar-refractivity contribution in [3.8, 4) is 12.0 Å². The minimum Gasteiger partial charge on any atom is -0.465 e. The molecule has 0 spiro atoms. The van der Waals surface area contributed by atoms with E-state index in [0.29, 0.717) is 24.2 Å². The lowest BCUT2D eigenvalue weighted by atomic mass is 9.99. The Morgan fingerprint density at radius 2 is 2.00 bits per heavy atom. The highest BCUT2D eigenvalue weighted by atomic mass is 16.6. The first-order chi connectivity index (χ1) is 9.21. The Labute approximate surface area is 115 Å². The molecule has 1 aromatic rings. The number of furan rings is 1. The van der Waals surface area contributed by atoms with E-state index in [1.165, 1.54) is 0 Å². The summed E-state index contributed by atoms with van der Waals surface area (Å²) in [6.07, 6.45) is 3.76. The lowest BCUT2D eigenvalue weighted by molar-refractivity contribution is 0.133. The third-order valence-electron chi connectivity index (χ3n) is 3.07. The number of rotatable bonds is 9. The van der Waals surface area contributed by atoms with Crippen LogP contribution < -0.4 is 4.74 Å². The Kier molecular flexibility index (Phi) is 7.06. The molecule has 0 saturated heterocycles. The summed E-state index contributed by atoms with van der Waals surface area (Å²) in [6.45, 7) is 4.99. The predicted molar refractivity (Wildman–Crippen MR) is 72.7 cm³/mol. The van der Waals surface area contributed by atoms with Crippen molar-refractivity contribution in [2.24, 2.45) is 5.92 Å². The average molecular weight is 265 g/mol. The van der Waals surface area contributed by atoms with E-state index in [-0.39, 0.29) is 6.42 Å². The first-order valence-electron chi connectivity index (χ1n) is 6.98. The maximum atomic E-state index is 9.61. The SMILES string of the molecule is CCCC(CCC)COc1ccc(C(O)CC#N)o1. The molecule has 0 aromatic carbocycles. The van der Waals surface area contributed by atoms with Gasteiger partial charge in [0.25, 0.3) is 5.95 Å². The van der Waals surface area contributed by atoms with Gasteiger partial charge in [0.15, 0.2) is 0 Å². The number of nitriles is 1. The second-order valence-corrected chi connectivity index (χ2v) is 4.79. The lowest BCUT2D eigenvalue weighted by Crippen LogP contribution is -2.11. The quantitative estimate of drug-likeness (QED) is 0.737. The van der Waals surface area contributed by atoms with Gasteiger partial charge in [-0.1, -0.05) is 26.7 Å². The fraction of sp³-hybridized carbons (Fsp3) is 0.667. The summed E-state index contributed by atoms with van der Waals surface area (Å²) in [5.41, 5.74) is 0. The molecule has 1 N–H and O–H groups in total. The number of hydrogen-bond donors (Lipinski definition) is 1. The van der Waals surface area contributed by atoms with E-state index < -0.39 is 6.10 Å². The van der Waals surface area contributed by atoms with Gasteiger partial charge in [0.2, 0.25) is 0 Å². The van der Waals surface area contributed by atoms with Gasteiger partial charge in [-0.25, -0.2) is 0 Å². The molecule has 1 rings (SSSR count). The molecule has 0 amide bonds. The average Bonchev–Trinajstić information content (AvgIpc) is 2.86. The summed E-state index contributed by atoms with van der Waals surface area (Å²) < 4.78 is 11.0. The molecule has 1 unspecified atom stereocenters. The Hall–Kier alpha value is -1.47. The molecule has 19 heavy (non-hydrogen) atoms. The van der Waals surface area contributed by atoms with E-state index >= 15 is 0 Å². The van der Waals surface area contributed by atoms with Crippen LogP contribution >= 0.6 is 0 Å². The van der Waals surface area contributed by atoms with E-state index in [1.807, 2.05) is 6.07 Å². The topological polar surface area (TPSA) is 66.4 Å². The molecule has 0 fully saturated rings. The maximum Gasteiger partial charge on any atom is 0.284 e. The van der Waals surface area contributed by atoms with E-state index in [1.54, 1.807) is 12.1 Å². The number of nitrogens with zero attached hydrogens (tertiary/aromatic N) is 1. The molecule has 0 saturated carbocycles. The fourth-order valence-corrected chi connectivity index (χ4v) is 2.11. The maximum absolute atomic E-state index is 9.61. The van der Waals surface area contributed by atoms with Crippen molar-refractivity contribution in [2.45, 2.75) is 52.1 Å². The highest BCUT2D eigenvalue weighted by Gasteiger charge is 2.14. The van der Waals surface area contributed by atoms with Gasteiger partial charge >= 0.3 is 0 Å². The van der Waals surface area contributed by atoms with Crippen molar-refractivity contribution in [3.05, 3.63) is 17.9 Å². The number of ether oxygens (including phenoxy) is 1. The summed E-state index contributed by atoms with van der Waals surface area (Å²) in [5.74, 6) is 1.36. The van der Waals surface area contributed by atoms with Crippen molar-refractivity contribution in [1.82, 2.24) is 0 Å². The summed E-state index contributed by atoms with van der Waals surface area (Å²) >= 11 is 0. The highest BCUT2D eigenvalue weighted by molar-refractivity contribution is 5.14. The normalized spacial score (nSPS) is 12.4. The summed E-state index contributed by atoms with van der Waals surface area (Å²) in [7, 11) is 0. The van der Waals surface area contributed by atoms with Gasteiger partial charge in [0.05, 0.1) is 19.1 Å². The second-order valence-electron chi connectivity index (χ2n) is 4.79. The van der Waals surface area contributed by atoms with Crippen molar-refractivity contribution in [1.29, 1.82) is 5.26 Å². The van der Waals surface area contributed by atoms with E-state index in [0.717, 1.165) is 25.7 Å². The first kappa shape index (κ1) is 15.6. The van der Waals surface area contributed by atoms with Crippen molar-refractivity contribution in [2.75, 3.05) is 6.61 Å². The minimum atomic E-state index is -0.871. The molecule has 106 valence electrons. The van der Waals surface area contributed by atoms with E-state index in [9.17, 15) is 5.11 Å². The van der Waals surface area contributed by atoms with Gasteiger partial charge in [-0.05, 0) is 24.8 Å². The van der Waals surface area contributed by atoms with Crippen LogP contribution in [0.1, 0.15) is 57.8 Å². The third-order valence-corrected chi connectivity index (χ3v) is 3.07. The monoisotopic (exact) mass is 265 g/mol. The number of aliphatic hydroxyl groups excluding tert-OH is 1. The minimum absolute atomic E-state index is 0.0290. The Morgan fingerprint density at radius 1 is 1.32 bits per heavy atom. The molecule has 0 aliphatic carbocycles. The van der Waals surface area contributed by atoms with Gasteiger partial charge in [-0.2, -0.15) is 5.26 Å². The van der Waals surface area contributed by atoms with Crippen molar-refractivity contribution >= 4 is 0 Å². The number of hydrogen-bond acceptors (Lipinski definition) is 4. The molecule has 4 heteroatoms. The molecule has 0 bridgehead atoms. The smallest absolute Gasteiger partial charge is 0.284 e. The molecule has 0 aliphatic heterocycles. The predicted octanol–water partition coefficient (Wildman–Crippen LogP) is 3.82. The zero-order valence-corrected chi connectivity index (χ0v) is 11.8. The summed E-state index contributed by atoms with van der Waals surface area (Å²) in [5, 5.41) is 18.1. The van der Waals surface area contributed by atoms with Crippen LogP contribution in [0.5, 0.6) is 5.95 Å². The van der Waals surface area contributed by atoms with Crippen molar-refractivity contribution < 1.29 is 14.3 Å². The molecule has 0 radical (unpaired) electrons. The van der Waals surface area contributed by atoms with Crippen LogP contribution in [0.3, 0.4) is 0 Å². The van der Waals surface area contributed by atoms with Crippen LogP contribution in [-0.2, 0) is 0 Å². The van der Waals surface area contributed by atoms with Crippen LogP contribution in [-0.4, -0.2) is 11.7 Å². The Bertz CT molecular complexity index is 388. The summed E-state index contributed by atoms with van der Waals surface area (Å²) in [4.78, 5) is 0. The van der Waals surface area contributed by atoms with Crippen molar-refractivity contribution in [3.63, 3.8) is 0 Å². The fourth-order valence-electron chi connectivity index (χ4n) is 2.11. The van der Waals surface area contributed by atoms with E-state index in [2.05, 4.69) is 13.8 Å². The van der Waals surface area contributed by atoms with Gasteiger partial charge in [0, 0.05) is 6.07 Å². The van der Waals surface area contributed by atoms with Gasteiger partial charge in [-0.3, -0.25) is 0 Å². The van der Waals surface area contributed by atoms with Crippen LogP contribution in [0.15, 0.2) is 16.5 Å². The molecule has 1 atom stereocenters.